The second-order valence-electron chi connectivity index (χ2n) is 8.37. The van der Waals surface area contributed by atoms with Crippen molar-refractivity contribution in [2.24, 2.45) is 5.11 Å². The number of ether oxygens (including phenoxy) is 3. The van der Waals surface area contributed by atoms with Crippen LogP contribution in [0.3, 0.4) is 0 Å². The number of non-ortho nitro benzene ring substituents is 2. The first kappa shape index (κ1) is 26.6. The molecule has 2 aliphatic rings. The zero-order chi connectivity index (χ0) is 27.6. The number of imide groups is 1. The molecule has 16 nitrogen and oxygen atoms in total. The number of aliphatic hydroxyl groups is 1. The Kier molecular flexibility index (Phi) is 7.61. The zero-order valence-corrected chi connectivity index (χ0v) is 19.6. The van der Waals surface area contributed by atoms with Crippen molar-refractivity contribution in [2.75, 3.05) is 6.61 Å². The molecule has 2 fully saturated rings. The molecule has 0 aromatic heterocycles. The maximum absolute atomic E-state index is 13.4. The number of azide groups is 1. The smallest absolute Gasteiger partial charge is 0.277 e. The van der Waals surface area contributed by atoms with Gasteiger partial charge in [0.15, 0.2) is 12.5 Å². The third-order valence-corrected chi connectivity index (χ3v) is 5.99. The lowest BCUT2D eigenvalue weighted by molar-refractivity contribution is -0.394. The van der Waals surface area contributed by atoms with Gasteiger partial charge in [-0.15, -0.1) is 0 Å². The molecular weight excluding hydrogens is 508 g/mol. The summed E-state index contributed by atoms with van der Waals surface area (Å²) in [5, 5.41) is 37.2. The van der Waals surface area contributed by atoms with E-state index in [0.29, 0.717) is 16.5 Å². The van der Waals surface area contributed by atoms with Crippen LogP contribution in [0.2, 0.25) is 0 Å². The Bertz CT molecular complexity index is 1280. The first-order valence-corrected chi connectivity index (χ1v) is 11.1. The number of nitro benzene ring substituents is 2. The highest BCUT2D eigenvalue weighted by molar-refractivity contribution is 6.05. The topological polar surface area (TPSA) is 220 Å². The quantitative estimate of drug-likeness (QED) is 0.189. The van der Waals surface area contributed by atoms with E-state index < -0.39 is 75.5 Å². The van der Waals surface area contributed by atoms with Gasteiger partial charge in [-0.2, -0.15) is 0 Å². The van der Waals surface area contributed by atoms with E-state index >= 15 is 0 Å². The Hall–Kier alpha value is -4.47. The zero-order valence-electron chi connectivity index (χ0n) is 19.6. The van der Waals surface area contributed by atoms with Gasteiger partial charge < -0.3 is 19.3 Å². The molecule has 198 valence electrons. The molecule has 2 aromatic rings. The number of aliphatic hydroxyl groups excluding tert-OH is 1. The van der Waals surface area contributed by atoms with Crippen LogP contribution in [-0.2, 0) is 19.0 Å². The van der Waals surface area contributed by atoms with Crippen molar-refractivity contribution < 1.29 is 38.8 Å². The van der Waals surface area contributed by atoms with Gasteiger partial charge in [0, 0.05) is 29.5 Å². The predicted octanol–water partition coefficient (Wildman–Crippen LogP) is 2.37. The standard InChI is InChI=1S/C22H20N6O10/c1-11(29)26(20(31)13-7-14(27(32)33)9-15(8-13)28(34)35)21-17(24-25-23)18(30)19-16(37-21)10-36-22(38-19)12-5-3-2-4-6-12/h2-9,16-19,21-22,30H,10H2,1H3/t16-,17-,18-,19-,21+,22-/m1/s1. The van der Waals surface area contributed by atoms with Crippen molar-refractivity contribution in [3.05, 3.63) is 90.3 Å². The van der Waals surface area contributed by atoms with E-state index in [4.69, 9.17) is 19.7 Å². The average Bonchev–Trinajstić information content (AvgIpc) is 2.90. The largest absolute Gasteiger partial charge is 0.390 e. The summed E-state index contributed by atoms with van der Waals surface area (Å²) in [5.74, 6) is -2.16. The number of benzene rings is 2. The number of carbonyl (C=O) groups is 2. The molecule has 0 radical (unpaired) electrons. The van der Waals surface area contributed by atoms with Gasteiger partial charge >= 0.3 is 0 Å². The molecule has 1 N–H and O–H groups in total. The van der Waals surface area contributed by atoms with Gasteiger partial charge in [0.2, 0.25) is 5.91 Å². The highest BCUT2D eigenvalue weighted by Crippen LogP contribution is 2.36. The number of hydrogen-bond donors (Lipinski definition) is 1. The van der Waals surface area contributed by atoms with Crippen LogP contribution in [0.4, 0.5) is 11.4 Å². The molecule has 0 aliphatic carbocycles. The lowest BCUT2D eigenvalue weighted by Gasteiger charge is -2.48. The molecule has 38 heavy (non-hydrogen) atoms. The molecule has 4 rings (SSSR count). The maximum atomic E-state index is 13.4. The number of carbonyl (C=O) groups excluding carboxylic acids is 2. The molecule has 2 heterocycles. The van der Waals surface area contributed by atoms with Crippen molar-refractivity contribution in [3.8, 4) is 0 Å². The van der Waals surface area contributed by atoms with Crippen LogP contribution < -0.4 is 0 Å². The van der Waals surface area contributed by atoms with Crippen LogP contribution >= 0.6 is 0 Å². The molecule has 0 bridgehead atoms. The van der Waals surface area contributed by atoms with Gasteiger partial charge in [-0.3, -0.25) is 34.7 Å². The lowest BCUT2D eigenvalue weighted by atomic mass is 9.94. The van der Waals surface area contributed by atoms with E-state index in [0.717, 1.165) is 19.1 Å². The Balaban J connectivity index is 1.68. The number of nitro groups is 2. The van der Waals surface area contributed by atoms with Gasteiger partial charge in [0.1, 0.15) is 18.2 Å². The van der Waals surface area contributed by atoms with Gasteiger partial charge in [-0.25, -0.2) is 0 Å². The van der Waals surface area contributed by atoms with Crippen LogP contribution in [-0.4, -0.2) is 68.9 Å². The molecule has 2 aliphatic heterocycles. The highest BCUT2D eigenvalue weighted by atomic mass is 16.7. The third-order valence-electron chi connectivity index (χ3n) is 5.99. The van der Waals surface area contributed by atoms with Crippen LogP contribution in [0, 0.1) is 20.2 Å². The minimum Gasteiger partial charge on any atom is -0.390 e. The fraction of sp³-hybridized carbons (Fsp3) is 0.364. The fourth-order valence-electron chi connectivity index (χ4n) is 4.28. The minimum absolute atomic E-state index is 0.136. The average molecular weight is 528 g/mol. The fourth-order valence-corrected chi connectivity index (χ4v) is 4.28. The summed E-state index contributed by atoms with van der Waals surface area (Å²) < 4.78 is 17.4. The van der Waals surface area contributed by atoms with Crippen LogP contribution in [0.5, 0.6) is 0 Å². The van der Waals surface area contributed by atoms with Crippen LogP contribution in [0.1, 0.15) is 29.1 Å². The van der Waals surface area contributed by atoms with E-state index in [9.17, 15) is 34.9 Å². The minimum atomic E-state index is -1.69. The van der Waals surface area contributed by atoms with Crippen molar-refractivity contribution in [3.63, 3.8) is 0 Å². The van der Waals surface area contributed by atoms with Gasteiger partial charge in [-0.1, -0.05) is 35.4 Å². The number of amides is 2. The number of nitrogens with zero attached hydrogens (tertiary/aromatic N) is 6. The van der Waals surface area contributed by atoms with Crippen LogP contribution in [0.25, 0.3) is 10.4 Å². The molecule has 0 saturated carbocycles. The first-order chi connectivity index (χ1) is 18.1. The summed E-state index contributed by atoms with van der Waals surface area (Å²) in [7, 11) is 0. The molecule has 2 aromatic carbocycles. The molecule has 6 atom stereocenters. The monoisotopic (exact) mass is 528 g/mol. The SMILES string of the molecule is CC(=O)N(C(=O)c1cc([N+](=O)[O-])cc([N+](=O)[O-])c1)[C@H]1O[C@@H]2CO[C@@H](c3ccccc3)O[C@H]2[C@H](O)[C@H]1N=[N+]=[N-]. The normalized spacial score (nSPS) is 26.4. The first-order valence-electron chi connectivity index (χ1n) is 11.1. The predicted molar refractivity (Wildman–Crippen MR) is 124 cm³/mol. The molecule has 2 saturated heterocycles. The third kappa shape index (κ3) is 5.15. The molecule has 0 spiro atoms. The Labute approximate surface area is 213 Å². The summed E-state index contributed by atoms with van der Waals surface area (Å²) in [5.41, 5.74) is 7.70. The lowest BCUT2D eigenvalue weighted by Crippen LogP contribution is -2.66. The van der Waals surface area contributed by atoms with E-state index in [1.165, 1.54) is 0 Å². The summed E-state index contributed by atoms with van der Waals surface area (Å²) in [6, 6.07) is 9.40. The van der Waals surface area contributed by atoms with E-state index in [1.807, 2.05) is 0 Å². The summed E-state index contributed by atoms with van der Waals surface area (Å²) >= 11 is 0. The number of hydrogen-bond acceptors (Lipinski definition) is 11. The van der Waals surface area contributed by atoms with Gasteiger partial charge in [-0.05, 0) is 5.53 Å². The number of fused-ring (bicyclic) bond motifs is 1. The Morgan fingerprint density at radius 3 is 2.29 bits per heavy atom. The van der Waals surface area contributed by atoms with Gasteiger partial charge in [0.25, 0.3) is 17.3 Å². The van der Waals surface area contributed by atoms with Crippen molar-refractivity contribution in [1.82, 2.24) is 4.90 Å². The maximum Gasteiger partial charge on any atom is 0.277 e. The van der Waals surface area contributed by atoms with E-state index in [-0.39, 0.29) is 6.61 Å². The van der Waals surface area contributed by atoms with E-state index in [1.54, 1.807) is 30.3 Å². The number of rotatable bonds is 6. The summed E-state index contributed by atoms with van der Waals surface area (Å²) in [6.45, 7) is 0.834. The van der Waals surface area contributed by atoms with Gasteiger partial charge in [0.05, 0.1) is 34.2 Å². The highest BCUT2D eigenvalue weighted by Gasteiger charge is 2.52. The summed E-state index contributed by atoms with van der Waals surface area (Å²) in [6.07, 6.45) is -6.24. The molecule has 0 unspecified atom stereocenters. The molecule has 16 heteroatoms. The molecular formula is C22H20N6O10. The summed E-state index contributed by atoms with van der Waals surface area (Å²) in [4.78, 5) is 49.9. The van der Waals surface area contributed by atoms with E-state index in [2.05, 4.69) is 10.0 Å². The Morgan fingerprint density at radius 2 is 1.74 bits per heavy atom. The van der Waals surface area contributed by atoms with Crippen molar-refractivity contribution in [1.29, 1.82) is 0 Å². The Morgan fingerprint density at radius 1 is 1.11 bits per heavy atom. The van der Waals surface area contributed by atoms with Crippen molar-refractivity contribution >= 4 is 23.2 Å². The second kappa shape index (κ2) is 10.9. The molecule has 2 amide bonds. The van der Waals surface area contributed by atoms with Crippen molar-refractivity contribution in [2.45, 2.75) is 43.8 Å². The van der Waals surface area contributed by atoms with Crippen LogP contribution in [0.15, 0.2) is 53.6 Å². The second-order valence-corrected chi connectivity index (χ2v) is 8.37.